The van der Waals surface area contributed by atoms with Crippen LogP contribution in [-0.2, 0) is 11.3 Å². The van der Waals surface area contributed by atoms with Gasteiger partial charge in [-0.1, -0.05) is 12.1 Å². The number of methoxy groups -OCH3 is 1. The summed E-state index contributed by atoms with van der Waals surface area (Å²) in [6.45, 7) is 3.42. The number of amides is 1. The van der Waals surface area contributed by atoms with Crippen LogP contribution in [0, 0.1) is 13.8 Å². The zero-order valence-corrected chi connectivity index (χ0v) is 10.3. The van der Waals surface area contributed by atoms with Crippen LogP contribution >= 0.6 is 0 Å². The standard InChI is InChI=1S/C12H14F3NO2/c1-7-4-9(5-8(2)10(7)18-3)6-16-11(17)12(13,14)15/h4-5H,6H2,1-3H3,(H,16,17). The van der Waals surface area contributed by atoms with Crippen molar-refractivity contribution in [3.63, 3.8) is 0 Å². The van der Waals surface area contributed by atoms with E-state index in [-0.39, 0.29) is 6.54 Å². The number of aryl methyl sites for hydroxylation is 2. The largest absolute Gasteiger partial charge is 0.496 e. The minimum Gasteiger partial charge on any atom is -0.496 e. The fraction of sp³-hybridized carbons (Fsp3) is 0.417. The highest BCUT2D eigenvalue weighted by Gasteiger charge is 2.38. The quantitative estimate of drug-likeness (QED) is 0.907. The Morgan fingerprint density at radius 2 is 1.78 bits per heavy atom. The molecule has 3 nitrogen and oxygen atoms in total. The number of halogens is 3. The zero-order chi connectivity index (χ0) is 13.9. The van der Waals surface area contributed by atoms with Gasteiger partial charge in [-0.25, -0.2) is 0 Å². The summed E-state index contributed by atoms with van der Waals surface area (Å²) in [6.07, 6.45) is -4.85. The molecule has 1 N–H and O–H groups in total. The average Bonchev–Trinajstić information content (AvgIpc) is 2.24. The predicted octanol–water partition coefficient (Wildman–Crippen LogP) is 2.49. The Labute approximate surface area is 103 Å². The van der Waals surface area contributed by atoms with Crippen LogP contribution in [0.4, 0.5) is 13.2 Å². The number of carbonyl (C=O) groups is 1. The highest BCUT2D eigenvalue weighted by Crippen LogP contribution is 2.24. The molecule has 1 rings (SSSR count). The molecule has 0 unspecified atom stereocenters. The van der Waals surface area contributed by atoms with Crippen LogP contribution < -0.4 is 10.1 Å². The van der Waals surface area contributed by atoms with E-state index < -0.39 is 12.1 Å². The predicted molar refractivity (Wildman–Crippen MR) is 60.4 cm³/mol. The lowest BCUT2D eigenvalue weighted by molar-refractivity contribution is -0.173. The van der Waals surface area contributed by atoms with Gasteiger partial charge in [0.25, 0.3) is 0 Å². The van der Waals surface area contributed by atoms with Gasteiger partial charge >= 0.3 is 12.1 Å². The van der Waals surface area contributed by atoms with Crippen LogP contribution in [0.25, 0.3) is 0 Å². The van der Waals surface area contributed by atoms with Gasteiger partial charge in [-0.05, 0) is 30.5 Å². The van der Waals surface area contributed by atoms with Gasteiger partial charge in [0.05, 0.1) is 7.11 Å². The molecule has 18 heavy (non-hydrogen) atoms. The van der Waals surface area contributed by atoms with Gasteiger partial charge in [-0.3, -0.25) is 4.79 Å². The maximum Gasteiger partial charge on any atom is 0.471 e. The highest BCUT2D eigenvalue weighted by molar-refractivity contribution is 5.81. The molecule has 6 heteroatoms. The van der Waals surface area contributed by atoms with E-state index in [1.54, 1.807) is 26.0 Å². The molecule has 0 radical (unpaired) electrons. The third-order valence-electron chi connectivity index (χ3n) is 2.43. The lowest BCUT2D eigenvalue weighted by Gasteiger charge is -2.12. The number of rotatable bonds is 3. The first-order valence-electron chi connectivity index (χ1n) is 5.25. The SMILES string of the molecule is COc1c(C)cc(CNC(=O)C(F)(F)F)cc1C. The van der Waals surface area contributed by atoms with Crippen LogP contribution in [-0.4, -0.2) is 19.2 Å². The van der Waals surface area contributed by atoms with Crippen molar-refractivity contribution in [2.24, 2.45) is 0 Å². The average molecular weight is 261 g/mol. The summed E-state index contributed by atoms with van der Waals surface area (Å²) in [5, 5.41) is 1.83. The first-order valence-corrected chi connectivity index (χ1v) is 5.25. The van der Waals surface area contributed by atoms with E-state index in [4.69, 9.17) is 4.74 Å². The van der Waals surface area contributed by atoms with Gasteiger partial charge in [-0.15, -0.1) is 0 Å². The van der Waals surface area contributed by atoms with Crippen LogP contribution in [0.5, 0.6) is 5.75 Å². The van der Waals surface area contributed by atoms with Gasteiger partial charge in [0.2, 0.25) is 0 Å². The molecule has 100 valence electrons. The van der Waals surface area contributed by atoms with Gasteiger partial charge in [0.1, 0.15) is 5.75 Å². The van der Waals surface area contributed by atoms with E-state index in [1.807, 2.05) is 5.32 Å². The summed E-state index contributed by atoms with van der Waals surface area (Å²) in [5.74, 6) is -1.24. The number of hydrogen-bond donors (Lipinski definition) is 1. The molecule has 0 saturated carbocycles. The third-order valence-corrected chi connectivity index (χ3v) is 2.43. The molecular formula is C12H14F3NO2. The first-order chi connectivity index (χ1) is 8.25. The summed E-state index contributed by atoms with van der Waals surface area (Å²) in [5.41, 5.74) is 2.23. The molecule has 0 aliphatic carbocycles. The number of hydrogen-bond acceptors (Lipinski definition) is 2. The van der Waals surface area contributed by atoms with E-state index in [0.717, 1.165) is 11.1 Å². The molecular weight excluding hydrogens is 247 g/mol. The first kappa shape index (κ1) is 14.3. The van der Waals surface area contributed by atoms with Gasteiger partial charge < -0.3 is 10.1 Å². The highest BCUT2D eigenvalue weighted by atomic mass is 19.4. The van der Waals surface area contributed by atoms with Crippen LogP contribution in [0.2, 0.25) is 0 Å². The molecule has 1 amide bonds. The monoisotopic (exact) mass is 261 g/mol. The summed E-state index contributed by atoms with van der Waals surface area (Å²) < 4.78 is 41.1. The van der Waals surface area contributed by atoms with Crippen molar-refractivity contribution >= 4 is 5.91 Å². The number of ether oxygens (including phenoxy) is 1. The lowest BCUT2D eigenvalue weighted by Crippen LogP contribution is -2.36. The molecule has 1 aromatic carbocycles. The molecule has 0 heterocycles. The Hall–Kier alpha value is -1.72. The summed E-state index contributed by atoms with van der Waals surface area (Å²) in [4.78, 5) is 10.7. The molecule has 0 saturated heterocycles. The molecule has 0 bridgehead atoms. The summed E-state index contributed by atoms with van der Waals surface area (Å²) in [6, 6.07) is 3.37. The van der Waals surface area contributed by atoms with Crippen molar-refractivity contribution in [3.05, 3.63) is 28.8 Å². The third kappa shape index (κ3) is 3.38. The number of carbonyl (C=O) groups excluding carboxylic acids is 1. The normalized spacial score (nSPS) is 11.2. The van der Waals surface area contributed by atoms with Crippen LogP contribution in [0.1, 0.15) is 16.7 Å². The van der Waals surface area contributed by atoms with Crippen molar-refractivity contribution in [1.82, 2.24) is 5.32 Å². The summed E-state index contributed by atoms with van der Waals surface area (Å²) >= 11 is 0. The smallest absolute Gasteiger partial charge is 0.471 e. The minimum absolute atomic E-state index is 0.163. The molecule has 0 aliphatic rings. The second-order valence-electron chi connectivity index (χ2n) is 3.94. The van der Waals surface area contributed by atoms with Gasteiger partial charge in [-0.2, -0.15) is 13.2 Å². The second-order valence-corrected chi connectivity index (χ2v) is 3.94. The molecule has 0 spiro atoms. The van der Waals surface area contributed by atoms with Gasteiger partial charge in [0.15, 0.2) is 0 Å². The summed E-state index contributed by atoms with van der Waals surface area (Å²) in [7, 11) is 1.53. The molecule has 0 fully saturated rings. The molecule has 1 aromatic rings. The second kappa shape index (κ2) is 5.29. The topological polar surface area (TPSA) is 38.3 Å². The molecule has 0 atom stereocenters. The Balaban J connectivity index is 2.79. The Bertz CT molecular complexity index is 432. The van der Waals surface area contributed by atoms with E-state index in [1.165, 1.54) is 7.11 Å². The Morgan fingerprint density at radius 3 is 2.17 bits per heavy atom. The van der Waals surface area contributed by atoms with Crippen molar-refractivity contribution in [1.29, 1.82) is 0 Å². The lowest BCUT2D eigenvalue weighted by atomic mass is 10.1. The minimum atomic E-state index is -4.85. The van der Waals surface area contributed by atoms with Crippen molar-refractivity contribution in [2.45, 2.75) is 26.6 Å². The zero-order valence-electron chi connectivity index (χ0n) is 10.3. The van der Waals surface area contributed by atoms with Crippen molar-refractivity contribution in [3.8, 4) is 5.75 Å². The van der Waals surface area contributed by atoms with E-state index in [2.05, 4.69) is 0 Å². The van der Waals surface area contributed by atoms with Crippen LogP contribution in [0.15, 0.2) is 12.1 Å². The maximum absolute atomic E-state index is 12.0. The fourth-order valence-corrected chi connectivity index (χ4v) is 1.75. The maximum atomic E-state index is 12.0. The van der Waals surface area contributed by atoms with Crippen LogP contribution in [0.3, 0.4) is 0 Å². The van der Waals surface area contributed by atoms with Crippen molar-refractivity contribution < 1.29 is 22.7 Å². The molecule has 0 aliphatic heterocycles. The molecule has 0 aromatic heterocycles. The number of nitrogens with one attached hydrogen (secondary N) is 1. The number of benzene rings is 1. The van der Waals surface area contributed by atoms with Crippen molar-refractivity contribution in [2.75, 3.05) is 7.11 Å². The van der Waals surface area contributed by atoms with E-state index in [9.17, 15) is 18.0 Å². The van der Waals surface area contributed by atoms with E-state index >= 15 is 0 Å². The number of alkyl halides is 3. The Kier molecular flexibility index (Phi) is 4.21. The van der Waals surface area contributed by atoms with E-state index in [0.29, 0.717) is 11.3 Å². The Morgan fingerprint density at radius 1 is 1.28 bits per heavy atom. The fourth-order valence-electron chi connectivity index (χ4n) is 1.75. The van der Waals surface area contributed by atoms with Gasteiger partial charge in [0, 0.05) is 6.54 Å².